The fourth-order valence-corrected chi connectivity index (χ4v) is 3.21. The van der Waals surface area contributed by atoms with Crippen molar-refractivity contribution in [1.29, 1.82) is 0 Å². The molecule has 1 aromatic heterocycles. The minimum atomic E-state index is -0.396. The van der Waals surface area contributed by atoms with Gasteiger partial charge in [0.15, 0.2) is 0 Å². The SMILES string of the molecule is Cc1nc(-c2ccc(C(N)=O)cc2)c(C2CCCCC2)[nH]1. The number of H-pyrrole nitrogens is 1. The maximum Gasteiger partial charge on any atom is 0.248 e. The number of carbonyl (C=O) groups excluding carboxylic acids is 1. The number of nitrogens with two attached hydrogens (primary N) is 1. The van der Waals surface area contributed by atoms with Gasteiger partial charge in [-0.3, -0.25) is 4.79 Å². The molecule has 0 bridgehead atoms. The van der Waals surface area contributed by atoms with Crippen molar-refractivity contribution in [3.63, 3.8) is 0 Å². The van der Waals surface area contributed by atoms with Crippen molar-refractivity contribution in [2.24, 2.45) is 5.73 Å². The number of aryl methyl sites for hydroxylation is 1. The van der Waals surface area contributed by atoms with Gasteiger partial charge < -0.3 is 10.7 Å². The van der Waals surface area contributed by atoms with Gasteiger partial charge in [-0.15, -0.1) is 0 Å². The predicted octanol–water partition coefficient (Wildman–Crippen LogP) is 3.53. The molecule has 1 aromatic carbocycles. The highest BCUT2D eigenvalue weighted by Crippen LogP contribution is 2.36. The summed E-state index contributed by atoms with van der Waals surface area (Å²) in [4.78, 5) is 19.3. The molecule has 1 saturated carbocycles. The molecule has 1 aliphatic rings. The van der Waals surface area contributed by atoms with Crippen LogP contribution < -0.4 is 5.73 Å². The number of primary amides is 1. The second-order valence-corrected chi connectivity index (χ2v) is 5.86. The van der Waals surface area contributed by atoms with Crippen LogP contribution in [0.3, 0.4) is 0 Å². The Bertz CT molecular complexity index is 637. The molecule has 4 nitrogen and oxygen atoms in total. The van der Waals surface area contributed by atoms with Gasteiger partial charge in [-0.05, 0) is 31.9 Å². The number of hydrogen-bond acceptors (Lipinski definition) is 2. The molecule has 2 aromatic rings. The minimum Gasteiger partial charge on any atom is -0.366 e. The normalized spacial score (nSPS) is 16.0. The van der Waals surface area contributed by atoms with Gasteiger partial charge in [0.25, 0.3) is 0 Å². The molecule has 4 heteroatoms. The number of nitrogens with zero attached hydrogens (tertiary/aromatic N) is 1. The van der Waals surface area contributed by atoms with E-state index in [1.165, 1.54) is 37.8 Å². The van der Waals surface area contributed by atoms with Crippen LogP contribution in [0.5, 0.6) is 0 Å². The van der Waals surface area contributed by atoms with Crippen LogP contribution >= 0.6 is 0 Å². The summed E-state index contributed by atoms with van der Waals surface area (Å²) >= 11 is 0. The highest BCUT2D eigenvalue weighted by molar-refractivity contribution is 5.93. The van der Waals surface area contributed by atoms with E-state index < -0.39 is 5.91 Å². The molecule has 1 aliphatic carbocycles. The number of aromatic amines is 1. The first-order valence-corrected chi connectivity index (χ1v) is 7.62. The molecule has 0 saturated heterocycles. The lowest BCUT2D eigenvalue weighted by Gasteiger charge is -2.21. The lowest BCUT2D eigenvalue weighted by atomic mass is 9.85. The molecule has 0 unspecified atom stereocenters. The Hall–Kier alpha value is -2.10. The number of carbonyl (C=O) groups is 1. The number of aromatic nitrogens is 2. The lowest BCUT2D eigenvalue weighted by molar-refractivity contribution is 0.100. The molecule has 1 heterocycles. The summed E-state index contributed by atoms with van der Waals surface area (Å²) in [5, 5.41) is 0. The van der Waals surface area contributed by atoms with E-state index >= 15 is 0 Å². The van der Waals surface area contributed by atoms with Crippen molar-refractivity contribution >= 4 is 5.91 Å². The predicted molar refractivity (Wildman–Crippen MR) is 83.1 cm³/mol. The van der Waals surface area contributed by atoms with E-state index in [2.05, 4.69) is 9.97 Å². The van der Waals surface area contributed by atoms with E-state index in [4.69, 9.17) is 5.73 Å². The Morgan fingerprint density at radius 3 is 2.48 bits per heavy atom. The fourth-order valence-electron chi connectivity index (χ4n) is 3.21. The first-order valence-electron chi connectivity index (χ1n) is 7.62. The number of rotatable bonds is 3. The molecule has 1 fully saturated rings. The van der Waals surface area contributed by atoms with Gasteiger partial charge in [0, 0.05) is 22.7 Å². The number of amides is 1. The van der Waals surface area contributed by atoms with Crippen molar-refractivity contribution in [3.05, 3.63) is 41.3 Å². The third-order valence-corrected chi connectivity index (χ3v) is 4.31. The number of benzene rings is 1. The van der Waals surface area contributed by atoms with Crippen LogP contribution in [0.4, 0.5) is 0 Å². The highest BCUT2D eigenvalue weighted by atomic mass is 16.1. The van der Waals surface area contributed by atoms with E-state index in [9.17, 15) is 4.79 Å². The summed E-state index contributed by atoms with van der Waals surface area (Å²) in [6, 6.07) is 7.41. The maximum absolute atomic E-state index is 11.2. The summed E-state index contributed by atoms with van der Waals surface area (Å²) in [6.07, 6.45) is 6.39. The van der Waals surface area contributed by atoms with Crippen molar-refractivity contribution < 1.29 is 4.79 Å². The molecular formula is C17H21N3O. The zero-order valence-corrected chi connectivity index (χ0v) is 12.4. The van der Waals surface area contributed by atoms with Gasteiger partial charge >= 0.3 is 0 Å². The summed E-state index contributed by atoms with van der Waals surface area (Å²) in [5.41, 5.74) is 9.14. The zero-order valence-electron chi connectivity index (χ0n) is 12.4. The number of nitrogens with one attached hydrogen (secondary N) is 1. The largest absolute Gasteiger partial charge is 0.366 e. The third kappa shape index (κ3) is 2.84. The van der Waals surface area contributed by atoms with Crippen LogP contribution in [0.25, 0.3) is 11.3 Å². The molecule has 0 spiro atoms. The van der Waals surface area contributed by atoms with Gasteiger partial charge in [-0.2, -0.15) is 0 Å². The van der Waals surface area contributed by atoms with Crippen LogP contribution in [-0.4, -0.2) is 15.9 Å². The molecular weight excluding hydrogens is 262 g/mol. The van der Waals surface area contributed by atoms with Crippen LogP contribution in [0.2, 0.25) is 0 Å². The van der Waals surface area contributed by atoms with Crippen LogP contribution in [-0.2, 0) is 0 Å². The first-order chi connectivity index (χ1) is 10.1. The van der Waals surface area contributed by atoms with Crippen molar-refractivity contribution in [2.45, 2.75) is 44.9 Å². The highest BCUT2D eigenvalue weighted by Gasteiger charge is 2.22. The average Bonchev–Trinajstić information content (AvgIpc) is 2.90. The van der Waals surface area contributed by atoms with Crippen molar-refractivity contribution in [1.82, 2.24) is 9.97 Å². The second kappa shape index (κ2) is 5.72. The Labute approximate surface area is 124 Å². The lowest BCUT2D eigenvalue weighted by Crippen LogP contribution is -2.10. The van der Waals surface area contributed by atoms with Gasteiger partial charge in [0.1, 0.15) is 5.82 Å². The van der Waals surface area contributed by atoms with Gasteiger partial charge in [-0.1, -0.05) is 31.4 Å². The van der Waals surface area contributed by atoms with E-state index in [-0.39, 0.29) is 0 Å². The molecule has 0 atom stereocenters. The summed E-state index contributed by atoms with van der Waals surface area (Å²) in [7, 11) is 0. The van der Waals surface area contributed by atoms with E-state index in [0.717, 1.165) is 17.1 Å². The second-order valence-electron chi connectivity index (χ2n) is 5.86. The Morgan fingerprint density at radius 1 is 1.19 bits per heavy atom. The molecule has 21 heavy (non-hydrogen) atoms. The molecule has 110 valence electrons. The quantitative estimate of drug-likeness (QED) is 0.904. The Balaban J connectivity index is 1.95. The molecule has 1 amide bonds. The molecule has 3 N–H and O–H groups in total. The van der Waals surface area contributed by atoms with Crippen LogP contribution in [0.1, 0.15) is 59.9 Å². The number of hydrogen-bond donors (Lipinski definition) is 2. The monoisotopic (exact) mass is 283 g/mol. The van der Waals surface area contributed by atoms with Crippen molar-refractivity contribution in [3.8, 4) is 11.3 Å². The smallest absolute Gasteiger partial charge is 0.248 e. The molecule has 0 radical (unpaired) electrons. The topological polar surface area (TPSA) is 71.8 Å². The summed E-state index contributed by atoms with van der Waals surface area (Å²) in [5.74, 6) is 1.13. The van der Waals surface area contributed by atoms with Gasteiger partial charge in [0.05, 0.1) is 5.69 Å². The van der Waals surface area contributed by atoms with Gasteiger partial charge in [-0.25, -0.2) is 4.98 Å². The Kier molecular flexibility index (Phi) is 3.78. The van der Waals surface area contributed by atoms with Crippen molar-refractivity contribution in [2.75, 3.05) is 0 Å². The maximum atomic E-state index is 11.2. The molecule has 0 aliphatic heterocycles. The van der Waals surface area contributed by atoms with Crippen LogP contribution in [0, 0.1) is 6.92 Å². The summed E-state index contributed by atoms with van der Waals surface area (Å²) in [6.45, 7) is 1.99. The Morgan fingerprint density at radius 2 is 1.86 bits per heavy atom. The van der Waals surface area contributed by atoms with E-state index in [0.29, 0.717) is 11.5 Å². The average molecular weight is 283 g/mol. The van der Waals surface area contributed by atoms with Crippen LogP contribution in [0.15, 0.2) is 24.3 Å². The van der Waals surface area contributed by atoms with E-state index in [1.807, 2.05) is 19.1 Å². The molecule has 3 rings (SSSR count). The van der Waals surface area contributed by atoms with E-state index in [1.54, 1.807) is 12.1 Å². The van der Waals surface area contributed by atoms with Gasteiger partial charge in [0.2, 0.25) is 5.91 Å². The zero-order chi connectivity index (χ0) is 14.8. The standard InChI is InChI=1S/C17H21N3O/c1-11-19-15(12-5-3-2-4-6-12)16(20-11)13-7-9-14(10-8-13)17(18)21/h7-10,12H,2-6H2,1H3,(H2,18,21)(H,19,20). The summed E-state index contributed by atoms with van der Waals surface area (Å²) < 4.78 is 0. The first kappa shape index (κ1) is 13.9. The third-order valence-electron chi connectivity index (χ3n) is 4.31. The number of imidazole rings is 1. The minimum absolute atomic E-state index is 0.396. The fraction of sp³-hybridized carbons (Fsp3) is 0.412.